The van der Waals surface area contributed by atoms with Crippen molar-refractivity contribution in [1.82, 2.24) is 0 Å². The molecule has 1 saturated heterocycles. The fraction of sp³-hybridized carbons (Fsp3) is 0.417. The average molecular weight is 436 g/mol. The van der Waals surface area contributed by atoms with Crippen molar-refractivity contribution < 1.29 is 31.8 Å². The van der Waals surface area contributed by atoms with Crippen molar-refractivity contribution in [2.75, 3.05) is 26.9 Å². The summed E-state index contributed by atoms with van der Waals surface area (Å²) in [5.41, 5.74) is 0.161. The van der Waals surface area contributed by atoms with Crippen molar-refractivity contribution in [2.24, 2.45) is 5.92 Å². The van der Waals surface area contributed by atoms with Crippen LogP contribution < -0.4 is 0 Å². The van der Waals surface area contributed by atoms with Crippen LogP contribution >= 0.6 is 0 Å². The highest BCUT2D eigenvalue weighted by molar-refractivity contribution is 5.45. The zero-order valence-electron chi connectivity index (χ0n) is 17.2. The van der Waals surface area contributed by atoms with Gasteiger partial charge in [-0.2, -0.15) is 0 Å². The van der Waals surface area contributed by atoms with Crippen molar-refractivity contribution in [1.29, 1.82) is 0 Å². The lowest BCUT2D eigenvalue weighted by atomic mass is 10.0. The number of hydrogen-bond acceptors (Lipinski definition) is 3. The van der Waals surface area contributed by atoms with Gasteiger partial charge in [0.05, 0.1) is 18.8 Å². The van der Waals surface area contributed by atoms with Crippen molar-refractivity contribution >= 4 is 0 Å². The van der Waals surface area contributed by atoms with Crippen LogP contribution in [0.15, 0.2) is 30.3 Å². The largest absolute Gasteiger partial charge is 0.385 e. The molecule has 1 aliphatic rings. The van der Waals surface area contributed by atoms with Crippen LogP contribution in [0.1, 0.15) is 36.0 Å². The van der Waals surface area contributed by atoms with E-state index < -0.39 is 35.1 Å². The molecular formula is C24H24F4O3. The lowest BCUT2D eigenvalue weighted by molar-refractivity contribution is -0.203. The zero-order chi connectivity index (χ0) is 22.2. The molecule has 3 rings (SSSR count). The van der Waals surface area contributed by atoms with E-state index >= 15 is 0 Å². The molecule has 0 atom stereocenters. The second-order valence-corrected chi connectivity index (χ2v) is 7.45. The summed E-state index contributed by atoms with van der Waals surface area (Å²) in [5, 5.41) is 0. The molecule has 166 valence electrons. The summed E-state index contributed by atoms with van der Waals surface area (Å²) in [6.07, 6.45) is 2.36. The number of methoxy groups -OCH3 is 1. The van der Waals surface area contributed by atoms with Gasteiger partial charge in [-0.15, -0.1) is 0 Å². The normalized spacial score (nSPS) is 18.5. The number of ether oxygens (including phenoxy) is 3. The van der Waals surface area contributed by atoms with Gasteiger partial charge in [0.2, 0.25) is 0 Å². The molecule has 0 saturated carbocycles. The Labute approximate surface area is 179 Å². The van der Waals surface area contributed by atoms with Gasteiger partial charge < -0.3 is 14.2 Å². The molecule has 0 unspecified atom stereocenters. The highest BCUT2D eigenvalue weighted by Crippen LogP contribution is 2.21. The quantitative estimate of drug-likeness (QED) is 0.348. The summed E-state index contributed by atoms with van der Waals surface area (Å²) in [4.78, 5) is 0. The molecule has 2 aromatic rings. The Bertz CT molecular complexity index is 921. The molecule has 7 heteroatoms. The van der Waals surface area contributed by atoms with E-state index in [1.165, 1.54) is 18.2 Å². The molecule has 0 aromatic heterocycles. The van der Waals surface area contributed by atoms with Gasteiger partial charge in [-0.25, -0.2) is 17.6 Å². The van der Waals surface area contributed by atoms with Crippen LogP contribution in [0.2, 0.25) is 0 Å². The third-order valence-corrected chi connectivity index (χ3v) is 5.02. The monoisotopic (exact) mass is 436 g/mol. The molecule has 0 spiro atoms. The van der Waals surface area contributed by atoms with Crippen molar-refractivity contribution in [2.45, 2.75) is 32.0 Å². The van der Waals surface area contributed by atoms with E-state index in [-0.39, 0.29) is 5.56 Å². The predicted octanol–water partition coefficient (Wildman–Crippen LogP) is 4.99. The molecule has 0 amide bonds. The summed E-state index contributed by atoms with van der Waals surface area (Å²) in [6, 6.07) is 5.45. The van der Waals surface area contributed by atoms with E-state index in [2.05, 4.69) is 11.8 Å². The Balaban J connectivity index is 1.55. The lowest BCUT2D eigenvalue weighted by Crippen LogP contribution is -2.32. The predicted molar refractivity (Wildman–Crippen MR) is 107 cm³/mol. The van der Waals surface area contributed by atoms with Gasteiger partial charge >= 0.3 is 0 Å². The molecule has 1 aliphatic heterocycles. The lowest BCUT2D eigenvalue weighted by Gasteiger charge is -2.29. The van der Waals surface area contributed by atoms with Crippen LogP contribution in [0.5, 0.6) is 0 Å². The van der Waals surface area contributed by atoms with Gasteiger partial charge in [0.25, 0.3) is 0 Å². The van der Waals surface area contributed by atoms with Gasteiger partial charge in [0.1, 0.15) is 11.6 Å². The third kappa shape index (κ3) is 6.79. The fourth-order valence-electron chi connectivity index (χ4n) is 3.32. The van der Waals surface area contributed by atoms with Crippen LogP contribution in [0, 0.1) is 41.0 Å². The molecule has 2 aromatic carbocycles. The molecule has 3 nitrogen and oxygen atoms in total. The molecular weight excluding hydrogens is 412 g/mol. The second kappa shape index (κ2) is 11.3. The van der Waals surface area contributed by atoms with Crippen LogP contribution in [-0.2, 0) is 20.6 Å². The number of halogens is 4. The first-order chi connectivity index (χ1) is 15.0. The molecule has 31 heavy (non-hydrogen) atoms. The summed E-state index contributed by atoms with van der Waals surface area (Å²) in [7, 11) is 1.67. The maximum Gasteiger partial charge on any atom is 0.160 e. The maximum absolute atomic E-state index is 14.4. The highest BCUT2D eigenvalue weighted by Gasteiger charge is 2.22. The Morgan fingerprint density at radius 3 is 2.26 bits per heavy atom. The number of benzene rings is 2. The van der Waals surface area contributed by atoms with Gasteiger partial charge in [0, 0.05) is 31.6 Å². The standard InChI is InChI=1S/C24H24F4O3/c1-29-10-2-3-18-14-30-24(31-15-18)9-6-17-12-21(26)19(22(27)13-17)7-4-16-5-8-20(25)23(28)11-16/h5,8,11-13,18,24H,2-3,6,9-10,14-15H2,1H3/t18-,24-. The van der Waals surface area contributed by atoms with Crippen LogP contribution in [0.4, 0.5) is 17.6 Å². The third-order valence-electron chi connectivity index (χ3n) is 5.02. The molecule has 1 fully saturated rings. The first kappa shape index (κ1) is 23.3. The van der Waals surface area contributed by atoms with Crippen molar-refractivity contribution in [3.63, 3.8) is 0 Å². The van der Waals surface area contributed by atoms with Gasteiger partial charge in [-0.3, -0.25) is 0 Å². The van der Waals surface area contributed by atoms with Crippen LogP contribution in [0.25, 0.3) is 0 Å². The van der Waals surface area contributed by atoms with E-state index in [1.54, 1.807) is 7.11 Å². The Morgan fingerprint density at radius 1 is 0.903 bits per heavy atom. The minimum absolute atomic E-state index is 0.119. The highest BCUT2D eigenvalue weighted by atomic mass is 19.2. The zero-order valence-corrected chi connectivity index (χ0v) is 17.2. The summed E-state index contributed by atoms with van der Waals surface area (Å²) in [5.74, 6) is 1.42. The molecule has 0 N–H and O–H groups in total. The Morgan fingerprint density at radius 2 is 1.61 bits per heavy atom. The summed E-state index contributed by atoms with van der Waals surface area (Å²) < 4.78 is 71.4. The summed E-state index contributed by atoms with van der Waals surface area (Å²) in [6.45, 7) is 1.89. The van der Waals surface area contributed by atoms with Crippen molar-refractivity contribution in [3.8, 4) is 11.8 Å². The number of rotatable bonds is 7. The first-order valence-electron chi connectivity index (χ1n) is 10.1. The van der Waals surface area contributed by atoms with Crippen LogP contribution in [-0.4, -0.2) is 33.2 Å². The number of aryl methyl sites for hydroxylation is 1. The van der Waals surface area contributed by atoms with Gasteiger partial charge in [-0.05, 0) is 55.2 Å². The Hall–Kier alpha value is -2.40. The molecule has 0 radical (unpaired) electrons. The average Bonchev–Trinajstić information content (AvgIpc) is 2.75. The Kier molecular flexibility index (Phi) is 8.47. The van der Waals surface area contributed by atoms with E-state index in [9.17, 15) is 17.6 Å². The van der Waals surface area contributed by atoms with E-state index in [0.717, 1.165) is 25.0 Å². The molecule has 1 heterocycles. The van der Waals surface area contributed by atoms with Crippen LogP contribution in [0.3, 0.4) is 0 Å². The maximum atomic E-state index is 14.4. The van der Waals surface area contributed by atoms with Gasteiger partial charge in [0.15, 0.2) is 17.9 Å². The number of hydrogen-bond donors (Lipinski definition) is 0. The first-order valence-corrected chi connectivity index (χ1v) is 10.1. The second-order valence-electron chi connectivity index (χ2n) is 7.45. The van der Waals surface area contributed by atoms with Crippen molar-refractivity contribution in [3.05, 3.63) is 70.3 Å². The molecule has 0 aliphatic carbocycles. The molecule has 0 bridgehead atoms. The SMILES string of the molecule is COCCC[C@H]1CO[C@H](CCc2cc(F)c(C#Cc3ccc(F)c(F)c3)c(F)c2)OC1. The van der Waals surface area contributed by atoms with E-state index in [4.69, 9.17) is 14.2 Å². The topological polar surface area (TPSA) is 27.7 Å². The minimum atomic E-state index is -1.07. The summed E-state index contributed by atoms with van der Waals surface area (Å²) >= 11 is 0. The minimum Gasteiger partial charge on any atom is -0.385 e. The fourth-order valence-corrected chi connectivity index (χ4v) is 3.32. The van der Waals surface area contributed by atoms with E-state index in [1.807, 2.05) is 0 Å². The van der Waals surface area contributed by atoms with Gasteiger partial charge in [-0.1, -0.05) is 11.8 Å². The van der Waals surface area contributed by atoms with E-state index in [0.29, 0.717) is 44.1 Å². The smallest absolute Gasteiger partial charge is 0.160 e.